The average Bonchev–Trinajstić information content (AvgIpc) is 2.55. The van der Waals surface area contributed by atoms with Gasteiger partial charge in [-0.05, 0) is 50.2 Å². The molecule has 0 aliphatic heterocycles. The van der Waals surface area contributed by atoms with Crippen LogP contribution >= 0.6 is 0 Å². The van der Waals surface area contributed by atoms with Crippen molar-refractivity contribution in [3.8, 4) is 17.2 Å². The summed E-state index contributed by atoms with van der Waals surface area (Å²) in [6.45, 7) is 3.51. The van der Waals surface area contributed by atoms with Gasteiger partial charge in [0.1, 0.15) is 17.2 Å². The van der Waals surface area contributed by atoms with Crippen LogP contribution in [0.25, 0.3) is 0 Å². The summed E-state index contributed by atoms with van der Waals surface area (Å²) in [5, 5.41) is 0. The highest BCUT2D eigenvalue weighted by Crippen LogP contribution is 2.32. The lowest BCUT2D eigenvalue weighted by molar-refractivity contribution is -0.150. The van der Waals surface area contributed by atoms with Gasteiger partial charge in [-0.25, -0.2) is 4.79 Å². The number of hydrogen-bond acceptors (Lipinski definition) is 4. The molecule has 0 aliphatic rings. The van der Waals surface area contributed by atoms with Crippen LogP contribution in [0.1, 0.15) is 19.4 Å². The molecular weight excluding hydrogens is 337 g/mol. The van der Waals surface area contributed by atoms with Crippen LogP contribution in [0.4, 0.5) is 13.2 Å². The van der Waals surface area contributed by atoms with Gasteiger partial charge in [0.25, 0.3) is 0 Å². The number of carbonyl (C=O) groups is 1. The Kier molecular flexibility index (Phi) is 5.90. The van der Waals surface area contributed by atoms with E-state index in [-0.39, 0.29) is 12.4 Å². The van der Waals surface area contributed by atoms with Gasteiger partial charge in [-0.1, -0.05) is 6.07 Å². The van der Waals surface area contributed by atoms with Gasteiger partial charge >= 0.3 is 12.1 Å². The van der Waals surface area contributed by atoms with Crippen molar-refractivity contribution in [3.05, 3.63) is 54.1 Å². The highest BCUT2D eigenvalue weighted by Gasteiger charge is 2.30. The number of benzene rings is 2. The van der Waals surface area contributed by atoms with Crippen LogP contribution in [0.5, 0.6) is 17.2 Å². The second kappa shape index (κ2) is 7.92. The van der Waals surface area contributed by atoms with Crippen LogP contribution in [0.15, 0.2) is 48.5 Å². The first kappa shape index (κ1) is 18.6. The monoisotopic (exact) mass is 354 g/mol. The Balaban J connectivity index is 2.05. The van der Waals surface area contributed by atoms with Crippen molar-refractivity contribution in [2.45, 2.75) is 26.1 Å². The Hall–Kier alpha value is -2.70. The minimum atomic E-state index is -4.39. The van der Waals surface area contributed by atoms with Gasteiger partial charge in [-0.3, -0.25) is 0 Å². The Morgan fingerprint density at radius 1 is 1.04 bits per heavy atom. The molecule has 0 fully saturated rings. The molecule has 25 heavy (non-hydrogen) atoms. The summed E-state index contributed by atoms with van der Waals surface area (Å²) in [7, 11) is 0. The summed E-state index contributed by atoms with van der Waals surface area (Å²) in [4.78, 5) is 11.6. The quantitative estimate of drug-likeness (QED) is 0.697. The predicted molar refractivity (Wildman–Crippen MR) is 84.7 cm³/mol. The van der Waals surface area contributed by atoms with E-state index in [9.17, 15) is 18.0 Å². The summed E-state index contributed by atoms with van der Waals surface area (Å²) < 4.78 is 53.5. The van der Waals surface area contributed by atoms with Crippen molar-refractivity contribution in [2.24, 2.45) is 0 Å². The fourth-order valence-corrected chi connectivity index (χ4v) is 1.97. The number of esters is 1. The van der Waals surface area contributed by atoms with Crippen LogP contribution in [0.2, 0.25) is 0 Å². The SMILES string of the molecule is CCOC(=O)C(C)Oc1cccc(Oc2ccc(C(F)(F)F)cc2)c1. The summed E-state index contributed by atoms with van der Waals surface area (Å²) in [5.74, 6) is 0.512. The Bertz CT molecular complexity index is 711. The first-order valence-electron chi connectivity index (χ1n) is 7.58. The van der Waals surface area contributed by atoms with Crippen LogP contribution in [0.3, 0.4) is 0 Å². The maximum atomic E-state index is 12.5. The van der Waals surface area contributed by atoms with Gasteiger partial charge in [-0.15, -0.1) is 0 Å². The fraction of sp³-hybridized carbons (Fsp3) is 0.278. The zero-order chi connectivity index (χ0) is 18.4. The zero-order valence-electron chi connectivity index (χ0n) is 13.7. The van der Waals surface area contributed by atoms with E-state index >= 15 is 0 Å². The molecule has 2 aromatic rings. The third kappa shape index (κ3) is 5.41. The minimum absolute atomic E-state index is 0.253. The number of ether oxygens (including phenoxy) is 3. The third-order valence-corrected chi connectivity index (χ3v) is 3.15. The zero-order valence-corrected chi connectivity index (χ0v) is 13.7. The Labute approximate surface area is 143 Å². The third-order valence-electron chi connectivity index (χ3n) is 3.15. The molecule has 134 valence electrons. The predicted octanol–water partition coefficient (Wildman–Crippen LogP) is 4.83. The fourth-order valence-electron chi connectivity index (χ4n) is 1.97. The lowest BCUT2D eigenvalue weighted by atomic mass is 10.2. The van der Waals surface area contributed by atoms with E-state index in [1.165, 1.54) is 18.2 Å². The van der Waals surface area contributed by atoms with Gasteiger partial charge < -0.3 is 14.2 Å². The van der Waals surface area contributed by atoms with Crippen molar-refractivity contribution >= 4 is 5.97 Å². The first-order valence-corrected chi connectivity index (χ1v) is 7.58. The summed E-state index contributed by atoms with van der Waals surface area (Å²) >= 11 is 0. The molecule has 0 aromatic heterocycles. The molecule has 0 aliphatic carbocycles. The molecular formula is C18H17F3O4. The van der Waals surface area contributed by atoms with Crippen LogP contribution in [0, 0.1) is 0 Å². The molecule has 4 nitrogen and oxygen atoms in total. The Morgan fingerprint density at radius 3 is 2.28 bits per heavy atom. The van der Waals surface area contributed by atoms with Gasteiger partial charge in [-0.2, -0.15) is 13.2 Å². The number of rotatable bonds is 6. The van der Waals surface area contributed by atoms with Crippen LogP contribution in [-0.4, -0.2) is 18.7 Å². The number of carbonyl (C=O) groups excluding carboxylic acids is 1. The summed E-state index contributed by atoms with van der Waals surface area (Å²) in [6.07, 6.45) is -5.18. The van der Waals surface area contributed by atoms with Crippen molar-refractivity contribution < 1.29 is 32.2 Å². The van der Waals surface area contributed by atoms with Gasteiger partial charge in [0, 0.05) is 6.07 Å². The molecule has 0 radical (unpaired) electrons. The Morgan fingerprint density at radius 2 is 1.68 bits per heavy atom. The van der Waals surface area contributed by atoms with E-state index in [4.69, 9.17) is 14.2 Å². The largest absolute Gasteiger partial charge is 0.479 e. The summed E-state index contributed by atoms with van der Waals surface area (Å²) in [6, 6.07) is 10.8. The maximum Gasteiger partial charge on any atom is 0.416 e. The van der Waals surface area contributed by atoms with E-state index in [1.54, 1.807) is 32.0 Å². The van der Waals surface area contributed by atoms with Crippen LogP contribution in [-0.2, 0) is 15.7 Å². The molecule has 1 atom stereocenters. The molecule has 0 amide bonds. The molecule has 0 spiro atoms. The molecule has 2 aromatic carbocycles. The van der Waals surface area contributed by atoms with E-state index < -0.39 is 23.8 Å². The number of hydrogen-bond donors (Lipinski definition) is 0. The molecule has 1 unspecified atom stereocenters. The summed E-state index contributed by atoms with van der Waals surface area (Å²) in [5.41, 5.74) is -0.750. The molecule has 0 heterocycles. The van der Waals surface area contributed by atoms with Gasteiger partial charge in [0.15, 0.2) is 6.10 Å². The van der Waals surface area contributed by atoms with E-state index in [0.29, 0.717) is 11.5 Å². The molecule has 0 saturated carbocycles. The van der Waals surface area contributed by atoms with E-state index in [2.05, 4.69) is 0 Å². The molecule has 2 rings (SSSR count). The first-order chi connectivity index (χ1) is 11.8. The molecule has 0 saturated heterocycles. The number of halogens is 3. The number of alkyl halides is 3. The second-order valence-electron chi connectivity index (χ2n) is 5.11. The minimum Gasteiger partial charge on any atom is -0.479 e. The van der Waals surface area contributed by atoms with E-state index in [0.717, 1.165) is 12.1 Å². The van der Waals surface area contributed by atoms with Crippen molar-refractivity contribution in [1.82, 2.24) is 0 Å². The topological polar surface area (TPSA) is 44.8 Å². The standard InChI is InChI=1S/C18H17F3O4/c1-3-23-17(22)12(2)24-15-5-4-6-16(11-15)25-14-9-7-13(8-10-14)18(19,20)21/h4-12H,3H2,1-2H3. The van der Waals surface area contributed by atoms with Crippen molar-refractivity contribution in [3.63, 3.8) is 0 Å². The molecule has 0 N–H and O–H groups in total. The van der Waals surface area contributed by atoms with Crippen molar-refractivity contribution in [2.75, 3.05) is 6.61 Å². The lowest BCUT2D eigenvalue weighted by Gasteiger charge is -2.14. The molecule has 0 bridgehead atoms. The smallest absolute Gasteiger partial charge is 0.416 e. The van der Waals surface area contributed by atoms with Gasteiger partial charge in [0.2, 0.25) is 0 Å². The highest BCUT2D eigenvalue weighted by atomic mass is 19.4. The second-order valence-corrected chi connectivity index (χ2v) is 5.11. The lowest BCUT2D eigenvalue weighted by Crippen LogP contribution is -2.26. The maximum absolute atomic E-state index is 12.5. The van der Waals surface area contributed by atoms with Crippen LogP contribution < -0.4 is 9.47 Å². The normalized spacial score (nSPS) is 12.4. The average molecular weight is 354 g/mol. The van der Waals surface area contributed by atoms with Crippen molar-refractivity contribution in [1.29, 1.82) is 0 Å². The van der Waals surface area contributed by atoms with Gasteiger partial charge in [0.05, 0.1) is 12.2 Å². The highest BCUT2D eigenvalue weighted by molar-refractivity contribution is 5.74. The van der Waals surface area contributed by atoms with E-state index in [1.807, 2.05) is 0 Å². The molecule has 7 heteroatoms.